The summed E-state index contributed by atoms with van der Waals surface area (Å²) < 4.78 is 5.76. The van der Waals surface area contributed by atoms with E-state index >= 15 is 0 Å². The average molecular weight is 421 g/mol. The van der Waals surface area contributed by atoms with Crippen LogP contribution < -0.4 is 10.1 Å². The Balaban J connectivity index is 1.29. The molecule has 7 nitrogen and oxygen atoms in total. The van der Waals surface area contributed by atoms with Crippen molar-refractivity contribution in [2.75, 3.05) is 6.54 Å². The third-order valence-electron chi connectivity index (χ3n) is 6.12. The number of nitrogens with zero attached hydrogens (tertiary/aromatic N) is 2. The fourth-order valence-electron chi connectivity index (χ4n) is 4.40. The van der Waals surface area contributed by atoms with E-state index in [4.69, 9.17) is 4.74 Å². The molecule has 7 heteroatoms. The number of imide groups is 1. The highest BCUT2D eigenvalue weighted by atomic mass is 16.5. The third-order valence-corrected chi connectivity index (χ3v) is 6.12. The van der Waals surface area contributed by atoms with Crippen LogP contribution in [0, 0.1) is 11.8 Å². The van der Waals surface area contributed by atoms with Crippen molar-refractivity contribution in [3.8, 4) is 5.75 Å². The number of rotatable bonds is 7. The number of nitrogens with one attached hydrogen (secondary N) is 1. The van der Waals surface area contributed by atoms with Crippen molar-refractivity contribution in [3.05, 3.63) is 59.9 Å². The Morgan fingerprint density at radius 1 is 1.13 bits per heavy atom. The molecular weight excluding hydrogens is 394 g/mol. The number of pyridine rings is 1. The van der Waals surface area contributed by atoms with Crippen LogP contribution in [0.25, 0.3) is 0 Å². The highest BCUT2D eigenvalue weighted by Gasteiger charge is 2.48. The van der Waals surface area contributed by atoms with Gasteiger partial charge >= 0.3 is 0 Å². The number of benzene rings is 1. The Bertz CT molecular complexity index is 921. The third kappa shape index (κ3) is 4.76. The number of carbonyl (C=O) groups excluding carboxylic acids is 3. The van der Waals surface area contributed by atoms with Gasteiger partial charge in [0.2, 0.25) is 17.7 Å². The number of ether oxygens (including phenoxy) is 1. The average Bonchev–Trinajstić information content (AvgIpc) is 3.03. The van der Waals surface area contributed by atoms with Crippen LogP contribution in [0.15, 0.2) is 48.8 Å². The highest BCUT2D eigenvalue weighted by Crippen LogP contribution is 2.37. The second-order valence-electron chi connectivity index (χ2n) is 8.27. The molecular formula is C24H27N3O4. The van der Waals surface area contributed by atoms with Crippen molar-refractivity contribution >= 4 is 17.7 Å². The molecule has 0 spiro atoms. The standard InChI is InChI=1S/C24H27N3O4/c1-16(18-8-10-19(11-9-18)31-15-17-5-4-12-25-13-17)26-22(28)14-27-23(29)20-6-2-3-7-21(20)24(27)30/h4-5,8-13,16,20-21H,2-3,6-7,14-15H2,1H3,(H,26,28). The van der Waals surface area contributed by atoms with Gasteiger partial charge in [-0.05, 0) is 43.5 Å². The molecule has 2 aliphatic rings. The van der Waals surface area contributed by atoms with E-state index in [0.29, 0.717) is 6.61 Å². The van der Waals surface area contributed by atoms with E-state index in [9.17, 15) is 14.4 Å². The van der Waals surface area contributed by atoms with Crippen LogP contribution in [0.4, 0.5) is 0 Å². The summed E-state index contributed by atoms with van der Waals surface area (Å²) in [6, 6.07) is 11.1. The molecule has 1 aliphatic carbocycles. The SMILES string of the molecule is CC(NC(=O)CN1C(=O)C2CCCCC2C1=O)c1ccc(OCc2cccnc2)cc1. The maximum atomic E-state index is 12.6. The molecule has 0 radical (unpaired) electrons. The van der Waals surface area contributed by atoms with Gasteiger partial charge in [0.25, 0.3) is 0 Å². The second kappa shape index (κ2) is 9.29. The molecule has 1 saturated heterocycles. The number of likely N-dealkylation sites (tertiary alicyclic amines) is 1. The summed E-state index contributed by atoms with van der Waals surface area (Å²) in [6.45, 7) is 2.09. The van der Waals surface area contributed by atoms with E-state index < -0.39 is 0 Å². The van der Waals surface area contributed by atoms with Gasteiger partial charge in [0.15, 0.2) is 0 Å². The first kappa shape index (κ1) is 21.0. The van der Waals surface area contributed by atoms with Gasteiger partial charge < -0.3 is 10.1 Å². The van der Waals surface area contributed by atoms with Crippen LogP contribution in [-0.2, 0) is 21.0 Å². The quantitative estimate of drug-likeness (QED) is 0.695. The first-order valence-electron chi connectivity index (χ1n) is 10.8. The number of amides is 3. The molecule has 4 rings (SSSR count). The number of hydrogen-bond donors (Lipinski definition) is 1. The summed E-state index contributed by atoms with van der Waals surface area (Å²) in [7, 11) is 0. The maximum absolute atomic E-state index is 12.6. The number of aromatic nitrogens is 1. The first-order chi connectivity index (χ1) is 15.0. The normalized spacial score (nSPS) is 21.5. The summed E-state index contributed by atoms with van der Waals surface area (Å²) in [5, 5.41) is 2.89. The molecule has 2 aromatic rings. The van der Waals surface area contributed by atoms with Gasteiger partial charge in [-0.15, -0.1) is 0 Å². The molecule has 1 aromatic carbocycles. The predicted molar refractivity (Wildman–Crippen MR) is 114 cm³/mol. The molecule has 3 unspecified atom stereocenters. The molecule has 3 atom stereocenters. The Labute approximate surface area is 181 Å². The van der Waals surface area contributed by atoms with Gasteiger partial charge in [0.1, 0.15) is 18.9 Å². The van der Waals surface area contributed by atoms with Gasteiger partial charge in [-0.2, -0.15) is 0 Å². The largest absolute Gasteiger partial charge is 0.489 e. The molecule has 2 fully saturated rings. The first-order valence-corrected chi connectivity index (χ1v) is 10.8. The minimum Gasteiger partial charge on any atom is -0.489 e. The summed E-state index contributed by atoms with van der Waals surface area (Å²) >= 11 is 0. The van der Waals surface area contributed by atoms with Gasteiger partial charge in [0, 0.05) is 18.0 Å². The van der Waals surface area contributed by atoms with Crippen molar-refractivity contribution in [1.82, 2.24) is 15.2 Å². The van der Waals surface area contributed by atoms with E-state index in [1.54, 1.807) is 12.4 Å². The van der Waals surface area contributed by atoms with Gasteiger partial charge in [-0.1, -0.05) is 31.0 Å². The molecule has 162 valence electrons. The summed E-state index contributed by atoms with van der Waals surface area (Å²) in [4.78, 5) is 42.8. The summed E-state index contributed by atoms with van der Waals surface area (Å²) in [5.74, 6) is -0.441. The lowest BCUT2D eigenvalue weighted by Gasteiger charge is -2.19. The van der Waals surface area contributed by atoms with Crippen molar-refractivity contribution in [2.45, 2.75) is 45.3 Å². The molecule has 1 aromatic heterocycles. The zero-order valence-corrected chi connectivity index (χ0v) is 17.6. The zero-order valence-electron chi connectivity index (χ0n) is 17.6. The van der Waals surface area contributed by atoms with Gasteiger partial charge in [0.05, 0.1) is 17.9 Å². The molecule has 3 amide bonds. The van der Waals surface area contributed by atoms with Crippen LogP contribution in [0.2, 0.25) is 0 Å². The zero-order chi connectivity index (χ0) is 21.8. The topological polar surface area (TPSA) is 88.6 Å². The minimum atomic E-state index is -0.329. The fraction of sp³-hybridized carbons (Fsp3) is 0.417. The van der Waals surface area contributed by atoms with Crippen LogP contribution in [-0.4, -0.2) is 34.2 Å². The van der Waals surface area contributed by atoms with E-state index in [0.717, 1.165) is 47.5 Å². The smallest absolute Gasteiger partial charge is 0.240 e. The lowest BCUT2D eigenvalue weighted by molar-refractivity contribution is -0.143. The monoisotopic (exact) mass is 421 g/mol. The molecule has 1 N–H and O–H groups in total. The Morgan fingerprint density at radius 2 is 1.81 bits per heavy atom. The van der Waals surface area contributed by atoms with E-state index in [1.165, 1.54) is 0 Å². The van der Waals surface area contributed by atoms with Gasteiger partial charge in [-0.3, -0.25) is 24.3 Å². The molecule has 0 bridgehead atoms. The van der Waals surface area contributed by atoms with Crippen LogP contribution in [0.5, 0.6) is 5.75 Å². The molecule has 1 saturated carbocycles. The molecule has 1 aliphatic heterocycles. The van der Waals surface area contributed by atoms with Crippen LogP contribution >= 0.6 is 0 Å². The highest BCUT2D eigenvalue weighted by molar-refractivity contribution is 6.07. The second-order valence-corrected chi connectivity index (χ2v) is 8.27. The fourth-order valence-corrected chi connectivity index (χ4v) is 4.40. The number of hydrogen-bond acceptors (Lipinski definition) is 5. The van der Waals surface area contributed by atoms with E-state index in [1.807, 2.05) is 43.3 Å². The Hall–Kier alpha value is -3.22. The summed E-state index contributed by atoms with van der Waals surface area (Å²) in [5.41, 5.74) is 1.90. The van der Waals surface area contributed by atoms with Crippen LogP contribution in [0.1, 0.15) is 49.8 Å². The Kier molecular flexibility index (Phi) is 6.30. The molecule has 31 heavy (non-hydrogen) atoms. The van der Waals surface area contributed by atoms with Crippen molar-refractivity contribution in [1.29, 1.82) is 0 Å². The Morgan fingerprint density at radius 3 is 2.42 bits per heavy atom. The minimum absolute atomic E-state index is 0.187. The summed E-state index contributed by atoms with van der Waals surface area (Å²) in [6.07, 6.45) is 6.92. The number of carbonyl (C=O) groups is 3. The van der Waals surface area contributed by atoms with E-state index in [-0.39, 0.29) is 42.1 Å². The lowest BCUT2D eigenvalue weighted by Crippen LogP contribution is -2.41. The molecule has 2 heterocycles. The van der Waals surface area contributed by atoms with Crippen molar-refractivity contribution in [2.24, 2.45) is 11.8 Å². The number of fused-ring (bicyclic) bond motifs is 1. The van der Waals surface area contributed by atoms with Crippen LogP contribution in [0.3, 0.4) is 0 Å². The lowest BCUT2D eigenvalue weighted by atomic mass is 9.81. The van der Waals surface area contributed by atoms with E-state index in [2.05, 4.69) is 10.3 Å². The van der Waals surface area contributed by atoms with Crippen molar-refractivity contribution in [3.63, 3.8) is 0 Å². The van der Waals surface area contributed by atoms with Crippen molar-refractivity contribution < 1.29 is 19.1 Å². The van der Waals surface area contributed by atoms with Gasteiger partial charge in [-0.25, -0.2) is 0 Å². The maximum Gasteiger partial charge on any atom is 0.240 e. The predicted octanol–water partition coefficient (Wildman–Crippen LogP) is 3.01.